The van der Waals surface area contributed by atoms with E-state index in [4.69, 9.17) is 4.74 Å². The molecule has 0 saturated carbocycles. The van der Waals surface area contributed by atoms with Gasteiger partial charge in [0.2, 0.25) is 0 Å². The third-order valence-electron chi connectivity index (χ3n) is 5.57. The number of methoxy groups -OCH3 is 1. The van der Waals surface area contributed by atoms with Gasteiger partial charge in [-0.3, -0.25) is 14.7 Å². The fourth-order valence-electron chi connectivity index (χ4n) is 3.85. The second-order valence-corrected chi connectivity index (χ2v) is 7.59. The molecule has 5 nitrogen and oxygen atoms in total. The van der Waals surface area contributed by atoms with E-state index in [2.05, 4.69) is 9.88 Å². The molecule has 2 heterocycles. The Hall–Kier alpha value is -3.44. The fraction of sp³-hybridized carbons (Fsp3) is 0.231. The van der Waals surface area contributed by atoms with E-state index in [1.807, 2.05) is 90.1 Å². The molecule has 5 heteroatoms. The van der Waals surface area contributed by atoms with Crippen LogP contribution in [0.1, 0.15) is 16.7 Å². The minimum absolute atomic E-state index is 0.0562. The van der Waals surface area contributed by atoms with Gasteiger partial charge in [0.05, 0.1) is 7.11 Å². The van der Waals surface area contributed by atoms with Crippen LogP contribution in [0.3, 0.4) is 0 Å². The molecule has 0 unspecified atom stereocenters. The molecule has 0 atom stereocenters. The van der Waals surface area contributed by atoms with Crippen LogP contribution >= 0.6 is 0 Å². The second kappa shape index (κ2) is 10.0. The summed E-state index contributed by atoms with van der Waals surface area (Å²) in [5, 5.41) is 0. The molecule has 31 heavy (non-hydrogen) atoms. The van der Waals surface area contributed by atoms with Gasteiger partial charge in [-0.05, 0) is 35.4 Å². The number of amides is 1. The molecule has 1 fully saturated rings. The first-order valence-electron chi connectivity index (χ1n) is 10.6. The first-order valence-corrected chi connectivity index (χ1v) is 10.6. The predicted molar refractivity (Wildman–Crippen MR) is 123 cm³/mol. The molecule has 2 aromatic carbocycles. The van der Waals surface area contributed by atoms with Gasteiger partial charge in [0, 0.05) is 56.3 Å². The largest absolute Gasteiger partial charge is 0.496 e. The maximum Gasteiger partial charge on any atom is 0.254 e. The van der Waals surface area contributed by atoms with E-state index in [1.54, 1.807) is 7.11 Å². The highest BCUT2D eigenvalue weighted by atomic mass is 16.5. The summed E-state index contributed by atoms with van der Waals surface area (Å²) >= 11 is 0. The van der Waals surface area contributed by atoms with E-state index in [0.717, 1.165) is 36.5 Å². The van der Waals surface area contributed by atoms with Crippen molar-refractivity contribution >= 4 is 17.6 Å². The topological polar surface area (TPSA) is 45.7 Å². The van der Waals surface area contributed by atoms with Gasteiger partial charge < -0.3 is 9.64 Å². The SMILES string of the molecule is COc1ccccc1/C=C(/C(=O)N1CCN(Cc2ccncc2)CC1)c1ccccc1. The summed E-state index contributed by atoms with van der Waals surface area (Å²) in [7, 11) is 1.65. The lowest BCUT2D eigenvalue weighted by molar-refractivity contribution is -0.126. The van der Waals surface area contributed by atoms with Gasteiger partial charge in [-0.2, -0.15) is 0 Å². The van der Waals surface area contributed by atoms with Crippen molar-refractivity contribution in [2.45, 2.75) is 6.54 Å². The molecule has 3 aromatic rings. The number of nitrogens with zero attached hydrogens (tertiary/aromatic N) is 3. The van der Waals surface area contributed by atoms with Crippen LogP contribution in [0.4, 0.5) is 0 Å². The minimum Gasteiger partial charge on any atom is -0.496 e. The second-order valence-electron chi connectivity index (χ2n) is 7.59. The van der Waals surface area contributed by atoms with Crippen LogP contribution in [-0.4, -0.2) is 54.0 Å². The molecule has 0 radical (unpaired) electrons. The average molecular weight is 414 g/mol. The Balaban J connectivity index is 1.53. The lowest BCUT2D eigenvalue weighted by Crippen LogP contribution is -2.48. The van der Waals surface area contributed by atoms with Crippen LogP contribution in [0.5, 0.6) is 5.75 Å². The summed E-state index contributed by atoms with van der Waals surface area (Å²) in [6.45, 7) is 4.00. The molecule has 1 aliphatic rings. The molecule has 0 bridgehead atoms. The van der Waals surface area contributed by atoms with Gasteiger partial charge >= 0.3 is 0 Å². The molecule has 0 aliphatic carbocycles. The first-order chi connectivity index (χ1) is 15.2. The lowest BCUT2D eigenvalue weighted by Gasteiger charge is -2.35. The lowest BCUT2D eigenvalue weighted by atomic mass is 10.0. The van der Waals surface area contributed by atoms with Crippen LogP contribution in [-0.2, 0) is 11.3 Å². The normalized spacial score (nSPS) is 15.0. The molecule has 158 valence electrons. The van der Waals surface area contributed by atoms with Crippen molar-refractivity contribution in [1.82, 2.24) is 14.8 Å². The average Bonchev–Trinajstić information content (AvgIpc) is 2.84. The van der Waals surface area contributed by atoms with Crippen LogP contribution < -0.4 is 4.74 Å². The van der Waals surface area contributed by atoms with E-state index in [0.29, 0.717) is 18.7 Å². The molecule has 4 rings (SSSR count). The summed E-state index contributed by atoms with van der Waals surface area (Å²) in [6.07, 6.45) is 5.59. The Kier molecular flexibility index (Phi) is 6.75. The summed E-state index contributed by atoms with van der Waals surface area (Å²) in [4.78, 5) is 22.0. The fourth-order valence-corrected chi connectivity index (χ4v) is 3.85. The van der Waals surface area contributed by atoms with Gasteiger partial charge in [0.1, 0.15) is 5.75 Å². The van der Waals surface area contributed by atoms with E-state index in [9.17, 15) is 4.79 Å². The van der Waals surface area contributed by atoms with Crippen molar-refractivity contribution < 1.29 is 9.53 Å². The van der Waals surface area contributed by atoms with Gasteiger partial charge in [-0.1, -0.05) is 48.5 Å². The zero-order valence-electron chi connectivity index (χ0n) is 17.8. The number of para-hydroxylation sites is 1. The van der Waals surface area contributed by atoms with Crippen LogP contribution in [0, 0.1) is 0 Å². The first kappa shape index (κ1) is 20.8. The number of hydrogen-bond donors (Lipinski definition) is 0. The molecular weight excluding hydrogens is 386 g/mol. The van der Waals surface area contributed by atoms with Crippen molar-refractivity contribution in [3.8, 4) is 5.75 Å². The standard InChI is InChI=1S/C26H27N3O2/c1-31-25-10-6-5-9-23(25)19-24(22-7-3-2-4-8-22)26(30)29-17-15-28(16-18-29)20-21-11-13-27-14-12-21/h2-14,19H,15-18,20H2,1H3/b24-19+. The minimum atomic E-state index is 0.0562. The number of hydrogen-bond acceptors (Lipinski definition) is 4. The number of carbonyl (C=O) groups excluding carboxylic acids is 1. The van der Waals surface area contributed by atoms with Crippen LogP contribution in [0.2, 0.25) is 0 Å². The van der Waals surface area contributed by atoms with Crippen molar-refractivity contribution in [2.24, 2.45) is 0 Å². The number of benzene rings is 2. The number of piperazine rings is 1. The zero-order chi connectivity index (χ0) is 21.5. The number of carbonyl (C=O) groups is 1. The van der Waals surface area contributed by atoms with Crippen LogP contribution in [0.15, 0.2) is 79.1 Å². The monoisotopic (exact) mass is 413 g/mol. The summed E-state index contributed by atoms with van der Waals surface area (Å²) in [5.41, 5.74) is 3.75. The van der Waals surface area contributed by atoms with Crippen molar-refractivity contribution in [2.75, 3.05) is 33.3 Å². The van der Waals surface area contributed by atoms with E-state index < -0.39 is 0 Å². The summed E-state index contributed by atoms with van der Waals surface area (Å²) < 4.78 is 5.50. The highest BCUT2D eigenvalue weighted by Gasteiger charge is 2.24. The van der Waals surface area contributed by atoms with Gasteiger partial charge in [-0.15, -0.1) is 0 Å². The Bertz CT molecular complexity index is 1030. The van der Waals surface area contributed by atoms with Crippen molar-refractivity contribution in [1.29, 1.82) is 0 Å². The molecule has 0 N–H and O–H groups in total. The quantitative estimate of drug-likeness (QED) is 0.453. The van der Waals surface area contributed by atoms with E-state index >= 15 is 0 Å². The summed E-state index contributed by atoms with van der Waals surface area (Å²) in [6, 6.07) is 21.7. The molecule has 1 aliphatic heterocycles. The maximum atomic E-state index is 13.6. The number of pyridine rings is 1. The van der Waals surface area contributed by atoms with Gasteiger partial charge in [0.25, 0.3) is 5.91 Å². The molecule has 1 saturated heterocycles. The van der Waals surface area contributed by atoms with E-state index in [1.165, 1.54) is 5.56 Å². The smallest absolute Gasteiger partial charge is 0.254 e. The molecular formula is C26H27N3O2. The van der Waals surface area contributed by atoms with Crippen molar-refractivity contribution in [3.05, 3.63) is 95.8 Å². The van der Waals surface area contributed by atoms with Crippen LogP contribution in [0.25, 0.3) is 11.6 Å². The van der Waals surface area contributed by atoms with Gasteiger partial charge in [-0.25, -0.2) is 0 Å². The highest BCUT2D eigenvalue weighted by molar-refractivity contribution is 6.24. The van der Waals surface area contributed by atoms with E-state index in [-0.39, 0.29) is 5.91 Å². The molecule has 0 spiro atoms. The summed E-state index contributed by atoms with van der Waals surface area (Å²) in [5.74, 6) is 0.812. The highest BCUT2D eigenvalue weighted by Crippen LogP contribution is 2.26. The molecule has 1 aromatic heterocycles. The number of ether oxygens (including phenoxy) is 1. The van der Waals surface area contributed by atoms with Gasteiger partial charge in [0.15, 0.2) is 0 Å². The third kappa shape index (κ3) is 5.19. The number of rotatable bonds is 6. The predicted octanol–water partition coefficient (Wildman–Crippen LogP) is 3.98. The number of aromatic nitrogens is 1. The Morgan fingerprint density at radius 1 is 0.935 bits per heavy atom. The Morgan fingerprint density at radius 2 is 1.61 bits per heavy atom. The van der Waals surface area contributed by atoms with Crippen molar-refractivity contribution in [3.63, 3.8) is 0 Å². The molecule has 1 amide bonds. The Labute approximate surface area is 183 Å². The zero-order valence-corrected chi connectivity index (χ0v) is 17.8. The third-order valence-corrected chi connectivity index (χ3v) is 5.57. The Morgan fingerprint density at radius 3 is 2.32 bits per heavy atom. The maximum absolute atomic E-state index is 13.6.